The molecule has 0 radical (unpaired) electrons. The predicted octanol–water partition coefficient (Wildman–Crippen LogP) is 17.0. The van der Waals surface area contributed by atoms with E-state index < -0.39 is 0 Å². The van der Waals surface area contributed by atoms with E-state index in [4.69, 9.17) is 0 Å². The van der Waals surface area contributed by atoms with E-state index in [0.29, 0.717) is 0 Å². The normalized spacial score (nSPS) is 11.3. The predicted molar refractivity (Wildman–Crippen MR) is 261 cm³/mol. The fraction of sp³-hybridized carbons (Fsp3) is 0. The highest BCUT2D eigenvalue weighted by Crippen LogP contribution is 2.43. The van der Waals surface area contributed by atoms with Crippen LogP contribution >= 0.6 is 0 Å². The Labute approximate surface area is 357 Å². The third kappa shape index (κ3) is 6.93. The van der Waals surface area contributed by atoms with Crippen LogP contribution in [0.3, 0.4) is 0 Å². The summed E-state index contributed by atoms with van der Waals surface area (Å²) in [6.45, 7) is 0. The molecule has 0 saturated carbocycles. The molecule has 1 nitrogen and oxygen atoms in total. The van der Waals surface area contributed by atoms with Gasteiger partial charge in [0.15, 0.2) is 0 Å². The number of rotatable bonds is 8. The average Bonchev–Trinajstić information content (AvgIpc) is 3.34. The van der Waals surface area contributed by atoms with Gasteiger partial charge in [-0.1, -0.05) is 200 Å². The summed E-state index contributed by atoms with van der Waals surface area (Å²) in [5, 5.41) is 7.53. The topological polar surface area (TPSA) is 3.24 Å². The molecule has 11 aromatic carbocycles. The van der Waals surface area contributed by atoms with Gasteiger partial charge in [0.1, 0.15) is 0 Å². The molecule has 61 heavy (non-hydrogen) atoms. The Morgan fingerprint density at radius 3 is 1.46 bits per heavy atom. The first-order chi connectivity index (χ1) is 30.2. The van der Waals surface area contributed by atoms with Gasteiger partial charge in [0.05, 0.1) is 0 Å². The van der Waals surface area contributed by atoms with Crippen LogP contribution in [0.4, 0.5) is 17.1 Å². The van der Waals surface area contributed by atoms with Gasteiger partial charge in [-0.15, -0.1) is 0 Å². The molecule has 0 amide bonds. The second-order valence-electron chi connectivity index (χ2n) is 15.7. The molecule has 0 fully saturated rings. The quantitative estimate of drug-likeness (QED) is 0.139. The molecular weight excluding hydrogens is 735 g/mol. The van der Waals surface area contributed by atoms with E-state index in [1.165, 1.54) is 88.0 Å². The van der Waals surface area contributed by atoms with Crippen LogP contribution in [0.2, 0.25) is 0 Å². The van der Waals surface area contributed by atoms with Gasteiger partial charge in [-0.3, -0.25) is 0 Å². The van der Waals surface area contributed by atoms with Crippen LogP contribution in [0.25, 0.3) is 88.0 Å². The first-order valence-electron chi connectivity index (χ1n) is 21.0. The largest absolute Gasteiger partial charge is 0.310 e. The van der Waals surface area contributed by atoms with E-state index in [9.17, 15) is 0 Å². The molecule has 286 valence electrons. The molecular formula is C60H41N. The summed E-state index contributed by atoms with van der Waals surface area (Å²) in [6.07, 6.45) is 0. The third-order valence-corrected chi connectivity index (χ3v) is 12.0. The summed E-state index contributed by atoms with van der Waals surface area (Å²) in [7, 11) is 0. The van der Waals surface area contributed by atoms with Crippen LogP contribution in [0.5, 0.6) is 0 Å². The number of fused-ring (bicyclic) bond motifs is 4. The lowest BCUT2D eigenvalue weighted by atomic mass is 9.92. The fourth-order valence-corrected chi connectivity index (χ4v) is 8.98. The van der Waals surface area contributed by atoms with E-state index in [2.05, 4.69) is 254 Å². The Hall–Kier alpha value is -8.00. The summed E-state index contributed by atoms with van der Waals surface area (Å²) in [5.41, 5.74) is 15.2. The zero-order valence-electron chi connectivity index (χ0n) is 33.6. The number of benzene rings is 11. The van der Waals surface area contributed by atoms with Gasteiger partial charge >= 0.3 is 0 Å². The molecule has 0 N–H and O–H groups in total. The lowest BCUT2D eigenvalue weighted by Crippen LogP contribution is -2.10. The molecule has 0 spiro atoms. The molecule has 0 aliphatic rings. The molecule has 11 aromatic rings. The molecule has 0 atom stereocenters. The molecule has 0 aliphatic carbocycles. The van der Waals surface area contributed by atoms with Crippen LogP contribution in [-0.4, -0.2) is 0 Å². The Kier molecular flexibility index (Phi) is 9.26. The summed E-state index contributed by atoms with van der Waals surface area (Å²) in [4.78, 5) is 2.40. The van der Waals surface area contributed by atoms with Crippen molar-refractivity contribution in [3.63, 3.8) is 0 Å². The minimum absolute atomic E-state index is 1.09. The van der Waals surface area contributed by atoms with Crippen molar-refractivity contribution in [1.82, 2.24) is 0 Å². The number of hydrogen-bond donors (Lipinski definition) is 0. The molecule has 1 heteroatoms. The average molecular weight is 776 g/mol. The van der Waals surface area contributed by atoms with Crippen molar-refractivity contribution in [1.29, 1.82) is 0 Å². The van der Waals surface area contributed by atoms with Crippen molar-refractivity contribution >= 4 is 49.4 Å². The smallest absolute Gasteiger partial charge is 0.0468 e. The molecule has 0 heterocycles. The third-order valence-electron chi connectivity index (χ3n) is 12.0. The van der Waals surface area contributed by atoms with E-state index in [0.717, 1.165) is 17.1 Å². The molecule has 0 saturated heterocycles. The van der Waals surface area contributed by atoms with E-state index in [1.54, 1.807) is 0 Å². The van der Waals surface area contributed by atoms with Crippen molar-refractivity contribution in [2.45, 2.75) is 0 Å². The van der Waals surface area contributed by atoms with Crippen molar-refractivity contribution in [2.24, 2.45) is 0 Å². The minimum atomic E-state index is 1.09. The van der Waals surface area contributed by atoms with Crippen LogP contribution in [0, 0.1) is 0 Å². The number of hydrogen-bond acceptors (Lipinski definition) is 1. The zero-order chi connectivity index (χ0) is 40.5. The maximum absolute atomic E-state index is 2.40. The Bertz CT molecular complexity index is 3330. The SMILES string of the molecule is c1ccc(-c2ccc(-c3ccc(N(c4ccc(-c5cc6ccccc6c6ccccc56)cc4)c4cccc(-c5ccc6ccccc6c5)c4)cc3-c3ccccc3)cc2)cc1. The minimum Gasteiger partial charge on any atom is -0.310 e. The van der Waals surface area contributed by atoms with Crippen LogP contribution in [-0.2, 0) is 0 Å². The van der Waals surface area contributed by atoms with Gasteiger partial charge < -0.3 is 4.90 Å². The first-order valence-corrected chi connectivity index (χ1v) is 21.0. The van der Waals surface area contributed by atoms with Crippen molar-refractivity contribution in [2.75, 3.05) is 4.90 Å². The number of nitrogens with zero attached hydrogens (tertiary/aromatic N) is 1. The Morgan fingerprint density at radius 1 is 0.197 bits per heavy atom. The summed E-state index contributed by atoms with van der Waals surface area (Å²) >= 11 is 0. The first kappa shape index (κ1) is 36.1. The van der Waals surface area contributed by atoms with Crippen molar-refractivity contribution in [3.8, 4) is 55.6 Å². The van der Waals surface area contributed by atoms with Gasteiger partial charge in [-0.2, -0.15) is 0 Å². The lowest BCUT2D eigenvalue weighted by molar-refractivity contribution is 1.28. The van der Waals surface area contributed by atoms with Gasteiger partial charge in [0.25, 0.3) is 0 Å². The highest BCUT2D eigenvalue weighted by atomic mass is 15.1. The summed E-state index contributed by atoms with van der Waals surface area (Å²) in [5.74, 6) is 0. The van der Waals surface area contributed by atoms with Gasteiger partial charge in [0.2, 0.25) is 0 Å². The van der Waals surface area contributed by atoms with Crippen molar-refractivity contribution < 1.29 is 0 Å². The van der Waals surface area contributed by atoms with Gasteiger partial charge in [-0.05, 0) is 136 Å². The van der Waals surface area contributed by atoms with E-state index in [-0.39, 0.29) is 0 Å². The van der Waals surface area contributed by atoms with Crippen LogP contribution < -0.4 is 4.90 Å². The lowest BCUT2D eigenvalue weighted by Gasteiger charge is -2.27. The highest BCUT2D eigenvalue weighted by molar-refractivity contribution is 6.13. The van der Waals surface area contributed by atoms with Crippen LogP contribution in [0.15, 0.2) is 249 Å². The molecule has 0 aliphatic heterocycles. The Morgan fingerprint density at radius 2 is 0.689 bits per heavy atom. The monoisotopic (exact) mass is 775 g/mol. The molecule has 0 unspecified atom stereocenters. The zero-order valence-corrected chi connectivity index (χ0v) is 33.6. The number of anilines is 3. The van der Waals surface area contributed by atoms with Gasteiger partial charge in [-0.25, -0.2) is 0 Å². The second kappa shape index (κ2) is 15.6. The maximum Gasteiger partial charge on any atom is 0.0468 e. The summed E-state index contributed by atoms with van der Waals surface area (Å²) in [6, 6.07) is 90.5. The highest BCUT2D eigenvalue weighted by Gasteiger charge is 2.18. The fourth-order valence-electron chi connectivity index (χ4n) is 8.98. The molecule has 0 bridgehead atoms. The summed E-state index contributed by atoms with van der Waals surface area (Å²) < 4.78 is 0. The maximum atomic E-state index is 2.40. The van der Waals surface area contributed by atoms with Crippen molar-refractivity contribution in [3.05, 3.63) is 249 Å². The standard InChI is InChI=1S/C60H41N/c1-3-14-42(15-4-1)44-26-29-46(30-27-44)56-37-36-54(41-60(56)45-17-5-2-6-18-45)61(53-22-13-21-49(39-53)50-31-28-43-16-7-8-19-48(43)38-50)52-34-32-47(33-35-52)59-40-51-20-9-10-23-55(51)57-24-11-12-25-58(57)59/h1-41H. The molecule has 11 rings (SSSR count). The van der Waals surface area contributed by atoms with Gasteiger partial charge in [0, 0.05) is 17.1 Å². The second-order valence-corrected chi connectivity index (χ2v) is 15.7. The van der Waals surface area contributed by atoms with Crippen LogP contribution in [0.1, 0.15) is 0 Å². The van der Waals surface area contributed by atoms with E-state index >= 15 is 0 Å². The van der Waals surface area contributed by atoms with E-state index in [1.807, 2.05) is 0 Å². The Balaban J connectivity index is 1.06. The molecule has 0 aromatic heterocycles.